The first-order valence-corrected chi connectivity index (χ1v) is 11.0. The number of piperidine rings is 2. The fraction of sp³-hybridized carbons (Fsp3) is 0.952. The zero-order valence-corrected chi connectivity index (χ0v) is 17.0. The number of rotatable bonds is 7. The highest BCUT2D eigenvalue weighted by molar-refractivity contribution is 5.80. The number of carbonyl (C=O) groups excluding carboxylic acids is 1. The third-order valence-electron chi connectivity index (χ3n) is 6.86. The van der Waals surface area contributed by atoms with E-state index in [0.29, 0.717) is 6.10 Å². The van der Waals surface area contributed by atoms with Crippen LogP contribution in [0.15, 0.2) is 0 Å². The Kier molecular flexibility index (Phi) is 7.35. The zero-order chi connectivity index (χ0) is 18.4. The summed E-state index contributed by atoms with van der Waals surface area (Å²) in [5.74, 6) is 0.106. The Morgan fingerprint density at radius 2 is 1.73 bits per heavy atom. The Morgan fingerprint density at radius 3 is 2.35 bits per heavy atom. The van der Waals surface area contributed by atoms with Crippen molar-refractivity contribution in [2.45, 2.75) is 88.9 Å². The summed E-state index contributed by atoms with van der Waals surface area (Å²) in [6.45, 7) is 7.48. The van der Waals surface area contributed by atoms with Crippen LogP contribution in [0, 0.1) is 0 Å². The van der Waals surface area contributed by atoms with Crippen molar-refractivity contribution in [3.63, 3.8) is 0 Å². The highest BCUT2D eigenvalue weighted by atomic mass is 16.5. The lowest BCUT2D eigenvalue weighted by Gasteiger charge is -2.50. The smallest absolute Gasteiger partial charge is 0.249 e. The number of hydrogen-bond donors (Lipinski definition) is 1. The van der Waals surface area contributed by atoms with Crippen LogP contribution in [0.2, 0.25) is 0 Å². The molecule has 5 heteroatoms. The second-order valence-corrected chi connectivity index (χ2v) is 8.73. The van der Waals surface area contributed by atoms with Crippen LogP contribution < -0.4 is 5.32 Å². The number of hydrogen-bond acceptors (Lipinski definition) is 4. The van der Waals surface area contributed by atoms with Gasteiger partial charge in [0.1, 0.15) is 6.10 Å². The van der Waals surface area contributed by atoms with E-state index in [9.17, 15) is 4.79 Å². The molecule has 3 rings (SSSR count). The first-order valence-electron chi connectivity index (χ1n) is 11.0. The van der Waals surface area contributed by atoms with Crippen LogP contribution in [0.5, 0.6) is 0 Å². The van der Waals surface area contributed by atoms with Gasteiger partial charge < -0.3 is 15.0 Å². The van der Waals surface area contributed by atoms with E-state index in [2.05, 4.69) is 29.1 Å². The van der Waals surface area contributed by atoms with E-state index in [4.69, 9.17) is 4.74 Å². The minimum Gasteiger partial charge on any atom is -0.365 e. The fourth-order valence-electron chi connectivity index (χ4n) is 4.97. The molecular weight excluding hydrogens is 326 g/mol. The van der Waals surface area contributed by atoms with Crippen molar-refractivity contribution in [3.8, 4) is 0 Å². The van der Waals surface area contributed by atoms with Crippen molar-refractivity contribution in [1.82, 2.24) is 15.1 Å². The fourth-order valence-corrected chi connectivity index (χ4v) is 4.97. The minimum atomic E-state index is -0.275. The van der Waals surface area contributed by atoms with E-state index in [-0.39, 0.29) is 17.6 Å². The molecule has 1 N–H and O–H groups in total. The Balaban J connectivity index is 1.58. The molecule has 1 atom stereocenters. The second-order valence-electron chi connectivity index (χ2n) is 8.73. The Bertz CT molecular complexity index is 437. The Hall–Kier alpha value is -0.650. The van der Waals surface area contributed by atoms with Crippen LogP contribution >= 0.6 is 0 Å². The van der Waals surface area contributed by atoms with Crippen molar-refractivity contribution in [2.24, 2.45) is 0 Å². The lowest BCUT2D eigenvalue weighted by atomic mass is 9.84. The molecular formula is C21H39N3O2. The van der Waals surface area contributed by atoms with Crippen molar-refractivity contribution in [3.05, 3.63) is 0 Å². The quantitative estimate of drug-likeness (QED) is 0.753. The van der Waals surface area contributed by atoms with Gasteiger partial charge in [-0.25, -0.2) is 0 Å². The normalized spacial score (nSPS) is 26.7. The van der Waals surface area contributed by atoms with Crippen molar-refractivity contribution in [2.75, 3.05) is 39.8 Å². The molecule has 2 aliphatic heterocycles. The van der Waals surface area contributed by atoms with E-state index in [1.54, 1.807) is 0 Å². The maximum absolute atomic E-state index is 12.8. The molecule has 0 aromatic rings. The SMILES string of the molecule is CCC(OC1CCCC1)C(=O)NCC1(N2CCCCC2)CCN(C)CC1. The predicted octanol–water partition coefficient (Wildman–Crippen LogP) is 2.79. The maximum atomic E-state index is 12.8. The van der Waals surface area contributed by atoms with Gasteiger partial charge in [-0.05, 0) is 78.2 Å². The number of amides is 1. The number of likely N-dealkylation sites (tertiary alicyclic amines) is 2. The van der Waals surface area contributed by atoms with Gasteiger partial charge in [0.25, 0.3) is 0 Å². The van der Waals surface area contributed by atoms with Gasteiger partial charge >= 0.3 is 0 Å². The summed E-state index contributed by atoms with van der Waals surface area (Å²) in [7, 11) is 2.21. The second kappa shape index (κ2) is 9.52. The summed E-state index contributed by atoms with van der Waals surface area (Å²) in [5.41, 5.74) is 0.147. The van der Waals surface area contributed by atoms with Gasteiger partial charge in [-0.15, -0.1) is 0 Å². The Morgan fingerprint density at radius 1 is 1.08 bits per heavy atom. The maximum Gasteiger partial charge on any atom is 0.249 e. The molecule has 1 unspecified atom stereocenters. The molecule has 0 bridgehead atoms. The molecule has 1 aliphatic carbocycles. The van der Waals surface area contributed by atoms with Crippen LogP contribution in [0.25, 0.3) is 0 Å². The third-order valence-corrected chi connectivity index (χ3v) is 6.86. The van der Waals surface area contributed by atoms with E-state index < -0.39 is 0 Å². The summed E-state index contributed by atoms with van der Waals surface area (Å²) in [5, 5.41) is 3.31. The molecule has 2 saturated heterocycles. The minimum absolute atomic E-state index is 0.106. The van der Waals surface area contributed by atoms with Crippen molar-refractivity contribution >= 4 is 5.91 Å². The summed E-state index contributed by atoms with van der Waals surface area (Å²) in [6, 6.07) is 0. The number of ether oxygens (including phenoxy) is 1. The molecule has 0 aromatic carbocycles. The molecule has 0 spiro atoms. The monoisotopic (exact) mass is 365 g/mol. The van der Waals surface area contributed by atoms with Crippen LogP contribution in [0.1, 0.15) is 71.1 Å². The number of carbonyl (C=O) groups is 1. The summed E-state index contributed by atoms with van der Waals surface area (Å²) < 4.78 is 6.12. The van der Waals surface area contributed by atoms with Gasteiger partial charge in [0.15, 0.2) is 0 Å². The molecule has 0 aromatic heterocycles. The topological polar surface area (TPSA) is 44.8 Å². The van der Waals surface area contributed by atoms with Crippen LogP contribution in [0.3, 0.4) is 0 Å². The lowest BCUT2D eigenvalue weighted by Crippen LogP contribution is -2.62. The number of nitrogens with zero attached hydrogens (tertiary/aromatic N) is 2. The van der Waals surface area contributed by atoms with Gasteiger partial charge in [0, 0.05) is 12.1 Å². The Labute approximate surface area is 159 Å². The molecule has 1 amide bonds. The summed E-state index contributed by atoms with van der Waals surface area (Å²) >= 11 is 0. The van der Waals surface area contributed by atoms with Crippen molar-refractivity contribution in [1.29, 1.82) is 0 Å². The van der Waals surface area contributed by atoms with Gasteiger partial charge in [0.05, 0.1) is 6.10 Å². The van der Waals surface area contributed by atoms with Gasteiger partial charge in [-0.1, -0.05) is 26.2 Å². The molecule has 1 saturated carbocycles. The first kappa shape index (κ1) is 20.1. The molecule has 3 aliphatic rings. The molecule has 26 heavy (non-hydrogen) atoms. The van der Waals surface area contributed by atoms with E-state index >= 15 is 0 Å². The highest BCUT2D eigenvalue weighted by Gasteiger charge is 2.40. The molecule has 0 radical (unpaired) electrons. The zero-order valence-electron chi connectivity index (χ0n) is 17.0. The van der Waals surface area contributed by atoms with Crippen molar-refractivity contribution < 1.29 is 9.53 Å². The van der Waals surface area contributed by atoms with Gasteiger partial charge in [0.2, 0.25) is 5.91 Å². The predicted molar refractivity (Wildman–Crippen MR) is 105 cm³/mol. The lowest BCUT2D eigenvalue weighted by molar-refractivity contribution is -0.137. The summed E-state index contributed by atoms with van der Waals surface area (Å²) in [6.07, 6.45) is 11.8. The van der Waals surface area contributed by atoms with Crippen LogP contribution in [-0.2, 0) is 9.53 Å². The van der Waals surface area contributed by atoms with Crippen LogP contribution in [0.4, 0.5) is 0 Å². The molecule has 3 fully saturated rings. The van der Waals surface area contributed by atoms with E-state index in [0.717, 1.165) is 51.7 Å². The largest absolute Gasteiger partial charge is 0.365 e. The highest BCUT2D eigenvalue weighted by Crippen LogP contribution is 2.31. The van der Waals surface area contributed by atoms with Gasteiger partial charge in [-0.2, -0.15) is 0 Å². The standard InChI is InChI=1S/C21H39N3O2/c1-3-19(26-18-9-5-6-10-18)20(25)22-17-21(11-15-23(2)16-12-21)24-13-7-4-8-14-24/h18-19H,3-17H2,1-2H3,(H,22,25). The molecule has 2 heterocycles. The average molecular weight is 366 g/mol. The van der Waals surface area contributed by atoms with E-state index in [1.807, 2.05) is 0 Å². The molecule has 150 valence electrons. The summed E-state index contributed by atoms with van der Waals surface area (Å²) in [4.78, 5) is 17.9. The third kappa shape index (κ3) is 4.99. The number of nitrogens with one attached hydrogen (secondary N) is 1. The van der Waals surface area contributed by atoms with Crippen LogP contribution in [-0.4, -0.2) is 73.2 Å². The molecule has 5 nitrogen and oxygen atoms in total. The first-order chi connectivity index (χ1) is 12.6. The average Bonchev–Trinajstić information content (AvgIpc) is 3.19. The van der Waals surface area contributed by atoms with E-state index in [1.165, 1.54) is 45.2 Å². The van der Waals surface area contributed by atoms with Gasteiger partial charge in [-0.3, -0.25) is 9.69 Å².